The standard InChI is InChI=1S/C13H20N2O2S2/c1-15-19(16,17)13-7-6-11(8-12(13)14)18-9-10-4-2-3-5-10/h6-8,10,15H,2-5,9,14H2,1H3. The van der Waals surface area contributed by atoms with Crippen molar-refractivity contribution in [2.75, 3.05) is 18.5 Å². The van der Waals surface area contributed by atoms with Gasteiger partial charge in [-0.3, -0.25) is 0 Å². The normalized spacial score (nSPS) is 16.9. The number of nitrogen functional groups attached to an aromatic ring is 1. The summed E-state index contributed by atoms with van der Waals surface area (Å²) >= 11 is 1.76. The summed E-state index contributed by atoms with van der Waals surface area (Å²) in [5.74, 6) is 1.89. The predicted octanol–water partition coefficient (Wildman–Crippen LogP) is 2.46. The number of sulfonamides is 1. The smallest absolute Gasteiger partial charge is 0.242 e. The van der Waals surface area contributed by atoms with E-state index in [9.17, 15) is 8.42 Å². The molecule has 0 bridgehead atoms. The first-order valence-electron chi connectivity index (χ1n) is 6.49. The Morgan fingerprint density at radius 3 is 2.63 bits per heavy atom. The number of hydrogen-bond donors (Lipinski definition) is 2. The highest BCUT2D eigenvalue weighted by Gasteiger charge is 2.17. The summed E-state index contributed by atoms with van der Waals surface area (Å²) in [6.07, 6.45) is 5.31. The molecule has 0 heterocycles. The summed E-state index contributed by atoms with van der Waals surface area (Å²) < 4.78 is 25.7. The van der Waals surface area contributed by atoms with Crippen LogP contribution < -0.4 is 10.5 Å². The minimum absolute atomic E-state index is 0.153. The highest BCUT2D eigenvalue weighted by atomic mass is 32.2. The Morgan fingerprint density at radius 2 is 2.05 bits per heavy atom. The Morgan fingerprint density at radius 1 is 1.37 bits per heavy atom. The van der Waals surface area contributed by atoms with Gasteiger partial charge in [0.2, 0.25) is 10.0 Å². The fourth-order valence-electron chi connectivity index (χ4n) is 2.36. The molecule has 1 aliphatic rings. The minimum atomic E-state index is -3.46. The summed E-state index contributed by atoms with van der Waals surface area (Å²) in [6, 6.07) is 5.17. The summed E-state index contributed by atoms with van der Waals surface area (Å²) in [7, 11) is -2.07. The average molecular weight is 300 g/mol. The molecule has 0 aromatic heterocycles. The van der Waals surface area contributed by atoms with Crippen molar-refractivity contribution in [3.8, 4) is 0 Å². The van der Waals surface area contributed by atoms with Crippen LogP contribution in [0.5, 0.6) is 0 Å². The molecule has 0 radical (unpaired) electrons. The number of thioether (sulfide) groups is 1. The quantitative estimate of drug-likeness (QED) is 0.647. The lowest BCUT2D eigenvalue weighted by Crippen LogP contribution is -2.19. The van der Waals surface area contributed by atoms with E-state index in [0.29, 0.717) is 5.69 Å². The van der Waals surface area contributed by atoms with Gasteiger partial charge in [0.05, 0.1) is 5.69 Å². The molecule has 6 heteroatoms. The van der Waals surface area contributed by atoms with Gasteiger partial charge in [-0.15, -0.1) is 11.8 Å². The van der Waals surface area contributed by atoms with Crippen molar-refractivity contribution in [3.63, 3.8) is 0 Å². The number of benzene rings is 1. The summed E-state index contributed by atoms with van der Waals surface area (Å²) in [5, 5.41) is 0. The van der Waals surface area contributed by atoms with E-state index in [4.69, 9.17) is 5.73 Å². The van der Waals surface area contributed by atoms with E-state index in [1.807, 2.05) is 6.07 Å². The SMILES string of the molecule is CNS(=O)(=O)c1ccc(SCC2CCCC2)cc1N. The summed E-state index contributed by atoms with van der Waals surface area (Å²) in [5.41, 5.74) is 6.15. The number of nitrogens with two attached hydrogens (primary N) is 1. The molecule has 3 N–H and O–H groups in total. The summed E-state index contributed by atoms with van der Waals surface area (Å²) in [4.78, 5) is 1.19. The van der Waals surface area contributed by atoms with Gasteiger partial charge >= 0.3 is 0 Å². The molecular weight excluding hydrogens is 280 g/mol. The van der Waals surface area contributed by atoms with E-state index >= 15 is 0 Å². The number of anilines is 1. The molecule has 4 nitrogen and oxygen atoms in total. The molecule has 1 aliphatic carbocycles. The van der Waals surface area contributed by atoms with Crippen molar-refractivity contribution in [2.24, 2.45) is 5.92 Å². The number of hydrogen-bond acceptors (Lipinski definition) is 4. The maximum Gasteiger partial charge on any atom is 0.242 e. The van der Waals surface area contributed by atoms with E-state index in [2.05, 4.69) is 4.72 Å². The molecular formula is C13H20N2O2S2. The molecule has 1 saturated carbocycles. The lowest BCUT2D eigenvalue weighted by molar-refractivity contribution is 0.588. The first kappa shape index (κ1) is 14.7. The first-order chi connectivity index (χ1) is 9.03. The molecule has 19 heavy (non-hydrogen) atoms. The number of nitrogens with one attached hydrogen (secondary N) is 1. The van der Waals surface area contributed by atoms with Crippen LogP contribution in [-0.4, -0.2) is 21.2 Å². The molecule has 1 fully saturated rings. The van der Waals surface area contributed by atoms with E-state index < -0.39 is 10.0 Å². The van der Waals surface area contributed by atoms with Crippen LogP contribution in [0.3, 0.4) is 0 Å². The topological polar surface area (TPSA) is 72.2 Å². The molecule has 106 valence electrons. The maximum absolute atomic E-state index is 11.7. The van der Waals surface area contributed by atoms with Gasteiger partial charge in [0, 0.05) is 10.6 Å². The predicted molar refractivity (Wildman–Crippen MR) is 79.8 cm³/mol. The van der Waals surface area contributed by atoms with Crippen molar-refractivity contribution >= 4 is 27.5 Å². The molecule has 0 spiro atoms. The Labute approximate surface area is 119 Å². The fourth-order valence-corrected chi connectivity index (χ4v) is 4.33. The zero-order valence-corrected chi connectivity index (χ0v) is 12.7. The zero-order chi connectivity index (χ0) is 13.9. The van der Waals surface area contributed by atoms with Crippen molar-refractivity contribution in [2.45, 2.75) is 35.5 Å². The molecule has 2 rings (SSSR count). The Balaban J connectivity index is 2.06. The lowest BCUT2D eigenvalue weighted by atomic mass is 10.1. The third-order valence-electron chi connectivity index (χ3n) is 3.50. The Bertz CT molecular complexity index is 538. The number of rotatable bonds is 5. The van der Waals surface area contributed by atoms with Crippen LogP contribution in [0, 0.1) is 5.92 Å². The molecule has 0 saturated heterocycles. The average Bonchev–Trinajstić information content (AvgIpc) is 2.89. The highest BCUT2D eigenvalue weighted by Crippen LogP contribution is 2.32. The van der Waals surface area contributed by atoms with Crippen LogP contribution in [-0.2, 0) is 10.0 Å². The van der Waals surface area contributed by atoms with Crippen LogP contribution in [0.15, 0.2) is 28.0 Å². The third kappa shape index (κ3) is 3.64. The molecule has 1 aromatic carbocycles. The zero-order valence-electron chi connectivity index (χ0n) is 11.1. The van der Waals surface area contributed by atoms with Gasteiger partial charge < -0.3 is 5.73 Å². The second-order valence-corrected chi connectivity index (χ2v) is 7.82. The van der Waals surface area contributed by atoms with Gasteiger partial charge in [-0.2, -0.15) is 0 Å². The van der Waals surface area contributed by atoms with E-state index in [0.717, 1.165) is 16.6 Å². The van der Waals surface area contributed by atoms with Gasteiger partial charge in [-0.1, -0.05) is 12.8 Å². The molecule has 0 atom stereocenters. The van der Waals surface area contributed by atoms with Crippen LogP contribution in [0.2, 0.25) is 0 Å². The molecule has 0 amide bonds. The second-order valence-electron chi connectivity index (χ2n) is 4.87. The van der Waals surface area contributed by atoms with Gasteiger partial charge in [-0.25, -0.2) is 13.1 Å². The summed E-state index contributed by atoms with van der Waals surface area (Å²) in [6.45, 7) is 0. The molecule has 0 unspecified atom stereocenters. The first-order valence-corrected chi connectivity index (χ1v) is 8.95. The molecule has 1 aromatic rings. The van der Waals surface area contributed by atoms with Gasteiger partial charge in [0.15, 0.2) is 0 Å². The van der Waals surface area contributed by atoms with Crippen LogP contribution in [0.25, 0.3) is 0 Å². The van der Waals surface area contributed by atoms with Crippen molar-refractivity contribution < 1.29 is 8.42 Å². The van der Waals surface area contributed by atoms with Crippen molar-refractivity contribution in [1.29, 1.82) is 0 Å². The van der Waals surface area contributed by atoms with Crippen LogP contribution in [0.4, 0.5) is 5.69 Å². The third-order valence-corrected chi connectivity index (χ3v) is 6.21. The minimum Gasteiger partial charge on any atom is -0.398 e. The van der Waals surface area contributed by atoms with E-state index in [1.54, 1.807) is 23.9 Å². The Hall–Kier alpha value is -0.720. The maximum atomic E-state index is 11.7. The second kappa shape index (κ2) is 6.15. The van der Waals surface area contributed by atoms with Crippen molar-refractivity contribution in [3.05, 3.63) is 18.2 Å². The van der Waals surface area contributed by atoms with E-state index in [1.165, 1.54) is 32.7 Å². The Kier molecular flexibility index (Phi) is 4.76. The largest absolute Gasteiger partial charge is 0.398 e. The van der Waals surface area contributed by atoms with Gasteiger partial charge in [0.1, 0.15) is 4.90 Å². The van der Waals surface area contributed by atoms with Crippen LogP contribution in [0.1, 0.15) is 25.7 Å². The van der Waals surface area contributed by atoms with Gasteiger partial charge in [-0.05, 0) is 44.0 Å². The highest BCUT2D eigenvalue weighted by molar-refractivity contribution is 7.99. The fraction of sp³-hybridized carbons (Fsp3) is 0.538. The molecule has 0 aliphatic heterocycles. The lowest BCUT2D eigenvalue weighted by Gasteiger charge is -2.10. The van der Waals surface area contributed by atoms with Crippen LogP contribution >= 0.6 is 11.8 Å². The van der Waals surface area contributed by atoms with E-state index in [-0.39, 0.29) is 4.90 Å². The monoisotopic (exact) mass is 300 g/mol. The van der Waals surface area contributed by atoms with Gasteiger partial charge in [0.25, 0.3) is 0 Å². The van der Waals surface area contributed by atoms with Crippen molar-refractivity contribution in [1.82, 2.24) is 4.72 Å².